The highest BCUT2D eigenvalue weighted by molar-refractivity contribution is 7.99. The van der Waals surface area contributed by atoms with Crippen molar-refractivity contribution in [3.05, 3.63) is 28.5 Å². The van der Waals surface area contributed by atoms with Crippen LogP contribution in [0.2, 0.25) is 5.15 Å². The fourth-order valence-corrected chi connectivity index (χ4v) is 3.28. The van der Waals surface area contributed by atoms with E-state index in [-0.39, 0.29) is 11.9 Å². The largest absolute Gasteiger partial charge is 0.348 e. The first-order chi connectivity index (χ1) is 8.69. The van der Waals surface area contributed by atoms with Gasteiger partial charge in [0.1, 0.15) is 5.15 Å². The molecule has 0 bridgehead atoms. The van der Waals surface area contributed by atoms with Crippen LogP contribution >= 0.6 is 23.4 Å². The molecule has 1 aromatic rings. The highest BCUT2D eigenvalue weighted by Gasteiger charge is 2.17. The van der Waals surface area contributed by atoms with Gasteiger partial charge < -0.3 is 5.32 Å². The average molecular weight is 285 g/mol. The van der Waals surface area contributed by atoms with Crippen LogP contribution in [0.3, 0.4) is 0 Å². The normalized spacial score (nSPS) is 19.6. The van der Waals surface area contributed by atoms with E-state index in [1.165, 1.54) is 12.2 Å². The summed E-state index contributed by atoms with van der Waals surface area (Å²) >= 11 is 7.82. The van der Waals surface area contributed by atoms with Crippen LogP contribution in [0.4, 0.5) is 0 Å². The Labute approximate surface area is 117 Å². The van der Waals surface area contributed by atoms with Crippen molar-refractivity contribution in [2.75, 3.05) is 11.5 Å². The number of carbonyl (C=O) groups excluding carboxylic acids is 1. The maximum Gasteiger partial charge on any atom is 0.251 e. The molecule has 98 valence electrons. The van der Waals surface area contributed by atoms with Gasteiger partial charge in [-0.05, 0) is 37.1 Å². The Morgan fingerprint density at radius 1 is 1.61 bits per heavy atom. The first-order valence-electron chi connectivity index (χ1n) is 6.24. The Morgan fingerprint density at radius 2 is 2.44 bits per heavy atom. The van der Waals surface area contributed by atoms with Gasteiger partial charge in [0.2, 0.25) is 0 Å². The molecule has 3 nitrogen and oxygen atoms in total. The summed E-state index contributed by atoms with van der Waals surface area (Å²) in [5.74, 6) is 2.17. The van der Waals surface area contributed by atoms with Crippen LogP contribution in [-0.4, -0.2) is 28.4 Å². The van der Waals surface area contributed by atoms with E-state index >= 15 is 0 Å². The van der Waals surface area contributed by atoms with Crippen LogP contribution in [0, 0.1) is 0 Å². The number of thioether (sulfide) groups is 1. The fourth-order valence-electron chi connectivity index (χ4n) is 1.99. The molecule has 2 heterocycles. The molecule has 0 aromatic carbocycles. The molecule has 1 atom stereocenters. The predicted molar refractivity (Wildman–Crippen MR) is 76.4 cm³/mol. The maximum atomic E-state index is 12.1. The topological polar surface area (TPSA) is 42.0 Å². The van der Waals surface area contributed by atoms with Crippen molar-refractivity contribution < 1.29 is 4.79 Å². The van der Waals surface area contributed by atoms with Gasteiger partial charge in [0.05, 0.1) is 0 Å². The third kappa shape index (κ3) is 3.62. The average Bonchev–Trinajstić information content (AvgIpc) is 2.39. The van der Waals surface area contributed by atoms with Crippen molar-refractivity contribution in [2.24, 2.45) is 0 Å². The van der Waals surface area contributed by atoms with E-state index in [0.29, 0.717) is 10.7 Å². The number of carbonyl (C=O) groups is 1. The molecule has 0 saturated carbocycles. The number of amides is 1. The molecular formula is C13H17ClN2OS. The van der Waals surface area contributed by atoms with E-state index in [4.69, 9.17) is 11.6 Å². The number of nitrogens with one attached hydrogen (secondary N) is 1. The Hall–Kier alpha value is -0.740. The third-order valence-electron chi connectivity index (χ3n) is 2.97. The molecule has 1 aliphatic rings. The minimum Gasteiger partial charge on any atom is -0.348 e. The smallest absolute Gasteiger partial charge is 0.251 e. The molecule has 1 unspecified atom stereocenters. The maximum absolute atomic E-state index is 12.1. The Kier molecular flexibility index (Phi) is 4.89. The van der Waals surface area contributed by atoms with Crippen molar-refractivity contribution >= 4 is 29.3 Å². The number of aryl methyl sites for hydroxylation is 1. The van der Waals surface area contributed by atoms with Crippen molar-refractivity contribution in [1.82, 2.24) is 10.3 Å². The summed E-state index contributed by atoms with van der Waals surface area (Å²) in [6.45, 7) is 2.00. The van der Waals surface area contributed by atoms with E-state index < -0.39 is 0 Å². The predicted octanol–water partition coefficient (Wildman–Crippen LogP) is 2.92. The van der Waals surface area contributed by atoms with Crippen molar-refractivity contribution in [2.45, 2.75) is 32.2 Å². The minimum atomic E-state index is -0.0403. The first kappa shape index (κ1) is 13.7. The lowest BCUT2D eigenvalue weighted by Gasteiger charge is -2.22. The Balaban J connectivity index is 2.05. The number of halogens is 1. The number of nitrogens with zero attached hydrogens (tertiary/aromatic N) is 1. The summed E-state index contributed by atoms with van der Waals surface area (Å²) in [5.41, 5.74) is 1.47. The Morgan fingerprint density at radius 3 is 3.11 bits per heavy atom. The molecule has 1 aromatic heterocycles. The lowest BCUT2D eigenvalue weighted by Crippen LogP contribution is -2.38. The zero-order valence-corrected chi connectivity index (χ0v) is 12.0. The fraction of sp³-hybridized carbons (Fsp3) is 0.538. The quantitative estimate of drug-likeness (QED) is 0.868. The lowest BCUT2D eigenvalue weighted by molar-refractivity contribution is 0.0938. The van der Waals surface area contributed by atoms with E-state index in [0.717, 1.165) is 24.3 Å². The van der Waals surface area contributed by atoms with Crippen LogP contribution in [0.1, 0.15) is 35.8 Å². The van der Waals surface area contributed by atoms with Gasteiger partial charge >= 0.3 is 0 Å². The molecule has 0 radical (unpaired) electrons. The van der Waals surface area contributed by atoms with E-state index in [2.05, 4.69) is 10.3 Å². The molecule has 1 saturated heterocycles. The number of rotatable bonds is 3. The second-order valence-corrected chi connectivity index (χ2v) is 5.95. The molecular weight excluding hydrogens is 268 g/mol. The highest BCUT2D eigenvalue weighted by Crippen LogP contribution is 2.18. The van der Waals surface area contributed by atoms with Gasteiger partial charge in [0, 0.05) is 23.1 Å². The summed E-state index contributed by atoms with van der Waals surface area (Å²) in [6, 6.07) is 3.73. The zero-order valence-electron chi connectivity index (χ0n) is 10.4. The van der Waals surface area contributed by atoms with Gasteiger partial charge in [0.15, 0.2) is 0 Å². The van der Waals surface area contributed by atoms with Crippen LogP contribution in [-0.2, 0) is 6.42 Å². The van der Waals surface area contributed by atoms with Crippen molar-refractivity contribution in [1.29, 1.82) is 0 Å². The first-order valence-corrected chi connectivity index (χ1v) is 7.77. The number of pyridine rings is 1. The second-order valence-electron chi connectivity index (χ2n) is 4.41. The summed E-state index contributed by atoms with van der Waals surface area (Å²) in [6.07, 6.45) is 3.02. The molecule has 5 heteroatoms. The van der Waals surface area contributed by atoms with Crippen LogP contribution in [0.15, 0.2) is 12.1 Å². The molecule has 1 amide bonds. The molecule has 1 fully saturated rings. The van der Waals surface area contributed by atoms with Crippen molar-refractivity contribution in [3.8, 4) is 0 Å². The molecule has 18 heavy (non-hydrogen) atoms. The molecule has 1 N–H and O–H groups in total. The molecule has 2 rings (SSSR count). The molecule has 1 aliphatic heterocycles. The SMILES string of the molecule is CCc1cc(C(=O)NC2CCCSC2)cc(Cl)n1. The summed E-state index contributed by atoms with van der Waals surface area (Å²) in [4.78, 5) is 16.3. The van der Waals surface area contributed by atoms with Gasteiger partial charge in [-0.3, -0.25) is 4.79 Å². The van der Waals surface area contributed by atoms with Crippen molar-refractivity contribution in [3.63, 3.8) is 0 Å². The molecule has 0 aliphatic carbocycles. The number of aromatic nitrogens is 1. The minimum absolute atomic E-state index is 0.0403. The van der Waals surface area contributed by atoms with Gasteiger partial charge in [-0.25, -0.2) is 4.98 Å². The Bertz CT molecular complexity index is 433. The van der Waals surface area contributed by atoms with E-state index in [9.17, 15) is 4.79 Å². The lowest BCUT2D eigenvalue weighted by atomic mass is 10.1. The molecule has 0 spiro atoms. The summed E-state index contributed by atoms with van der Waals surface area (Å²) < 4.78 is 0. The summed E-state index contributed by atoms with van der Waals surface area (Å²) in [7, 11) is 0. The second kappa shape index (κ2) is 6.43. The monoisotopic (exact) mass is 284 g/mol. The number of hydrogen-bond donors (Lipinski definition) is 1. The van der Waals surface area contributed by atoms with Crippen LogP contribution in [0.5, 0.6) is 0 Å². The zero-order chi connectivity index (χ0) is 13.0. The van der Waals surface area contributed by atoms with Crippen LogP contribution in [0.25, 0.3) is 0 Å². The number of hydrogen-bond acceptors (Lipinski definition) is 3. The third-order valence-corrected chi connectivity index (χ3v) is 4.38. The van der Waals surface area contributed by atoms with Gasteiger partial charge in [0.25, 0.3) is 5.91 Å². The van der Waals surface area contributed by atoms with Gasteiger partial charge in [-0.15, -0.1) is 0 Å². The standard InChI is InChI=1S/C13H17ClN2OS/c1-2-10-6-9(7-12(14)15-10)13(17)16-11-4-3-5-18-8-11/h6-7,11H,2-5,8H2,1H3,(H,16,17). The van der Waals surface area contributed by atoms with E-state index in [1.54, 1.807) is 6.07 Å². The summed E-state index contributed by atoms with van der Waals surface area (Å²) in [5, 5.41) is 3.45. The van der Waals surface area contributed by atoms with Gasteiger partial charge in [-0.1, -0.05) is 18.5 Å². The van der Waals surface area contributed by atoms with E-state index in [1.807, 2.05) is 24.8 Å². The van der Waals surface area contributed by atoms with Gasteiger partial charge in [-0.2, -0.15) is 11.8 Å². The highest BCUT2D eigenvalue weighted by atomic mass is 35.5. The van der Waals surface area contributed by atoms with Crippen LogP contribution < -0.4 is 5.32 Å².